The van der Waals surface area contributed by atoms with E-state index in [1.54, 1.807) is 24.4 Å². The van der Waals surface area contributed by atoms with Gasteiger partial charge >= 0.3 is 0 Å². The van der Waals surface area contributed by atoms with E-state index in [-0.39, 0.29) is 5.91 Å². The lowest BCUT2D eigenvalue weighted by atomic mass is 10.2. The number of hydrogen-bond donors (Lipinski definition) is 3. The summed E-state index contributed by atoms with van der Waals surface area (Å²) in [6, 6.07) is 14.8. The van der Waals surface area contributed by atoms with Crippen LogP contribution in [0.1, 0.15) is 21.6 Å². The van der Waals surface area contributed by atoms with Crippen LogP contribution in [0, 0.1) is 0 Å². The molecule has 0 aliphatic heterocycles. The Labute approximate surface area is 187 Å². The van der Waals surface area contributed by atoms with Gasteiger partial charge in [-0.3, -0.25) is 9.63 Å². The number of hydrogen-bond acceptors (Lipinski definition) is 8. The highest BCUT2D eigenvalue weighted by molar-refractivity contribution is 7.21. The predicted molar refractivity (Wildman–Crippen MR) is 123 cm³/mol. The molecule has 158 valence electrons. The lowest BCUT2D eigenvalue weighted by molar-refractivity contribution is 0.0537. The Morgan fingerprint density at radius 2 is 2.06 bits per heavy atom. The van der Waals surface area contributed by atoms with Crippen LogP contribution in [0.15, 0.2) is 54.7 Å². The number of nitrogens with zero attached hydrogens (tertiary/aromatic N) is 3. The van der Waals surface area contributed by atoms with E-state index in [1.165, 1.54) is 18.4 Å². The van der Waals surface area contributed by atoms with Crippen molar-refractivity contribution < 1.29 is 9.63 Å². The molecule has 0 aliphatic rings. The molecule has 10 heteroatoms. The van der Waals surface area contributed by atoms with Crippen LogP contribution in [0.3, 0.4) is 0 Å². The second-order valence-corrected chi connectivity index (χ2v) is 7.77. The molecule has 0 fully saturated rings. The number of alkyl halides is 1. The second-order valence-electron chi connectivity index (χ2n) is 6.52. The molecule has 1 amide bonds. The molecule has 1 aromatic carbocycles. The first-order valence-electron chi connectivity index (χ1n) is 9.36. The summed E-state index contributed by atoms with van der Waals surface area (Å²) in [4.78, 5) is 30.9. The van der Waals surface area contributed by atoms with Gasteiger partial charge in [0.1, 0.15) is 16.2 Å². The number of nitrogens with one attached hydrogen (secondary N) is 3. The van der Waals surface area contributed by atoms with Crippen molar-refractivity contribution in [1.82, 2.24) is 20.4 Å². The highest BCUT2D eigenvalue weighted by Crippen LogP contribution is 2.27. The van der Waals surface area contributed by atoms with E-state index in [4.69, 9.17) is 11.6 Å². The van der Waals surface area contributed by atoms with Crippen LogP contribution >= 0.6 is 22.9 Å². The van der Waals surface area contributed by atoms with Gasteiger partial charge in [-0.15, -0.1) is 11.6 Å². The van der Waals surface area contributed by atoms with E-state index in [0.717, 1.165) is 27.3 Å². The minimum atomic E-state index is -0.304. The molecule has 31 heavy (non-hydrogen) atoms. The highest BCUT2D eigenvalue weighted by Gasteiger charge is 2.09. The number of anilines is 3. The number of thiazole rings is 1. The summed E-state index contributed by atoms with van der Waals surface area (Å²) in [5, 5.41) is 7.20. The summed E-state index contributed by atoms with van der Waals surface area (Å²) < 4.78 is 0. The van der Waals surface area contributed by atoms with Crippen molar-refractivity contribution in [2.75, 3.05) is 17.7 Å². The van der Waals surface area contributed by atoms with Gasteiger partial charge < -0.3 is 10.6 Å². The summed E-state index contributed by atoms with van der Waals surface area (Å²) in [7, 11) is 1.40. The third-order valence-corrected chi connectivity index (χ3v) is 5.51. The fourth-order valence-corrected chi connectivity index (χ4v) is 3.89. The quantitative estimate of drug-likeness (QED) is 0.266. The number of fused-ring (bicyclic) bond motifs is 1. The fraction of sp³-hybridized carbons (Fsp3) is 0.143. The number of aromatic nitrogens is 3. The molecule has 0 unspecified atom stereocenters. The molecule has 0 spiro atoms. The Morgan fingerprint density at radius 3 is 2.90 bits per heavy atom. The summed E-state index contributed by atoms with van der Waals surface area (Å²) in [6.07, 6.45) is 1.71. The molecule has 4 aromatic rings. The predicted octanol–water partition coefficient (Wildman–Crippen LogP) is 4.47. The average Bonchev–Trinajstić information content (AvgIpc) is 3.19. The van der Waals surface area contributed by atoms with Gasteiger partial charge in [-0.05, 0) is 48.0 Å². The number of rotatable bonds is 8. The van der Waals surface area contributed by atoms with E-state index in [0.29, 0.717) is 28.9 Å². The zero-order chi connectivity index (χ0) is 21.6. The number of amides is 1. The van der Waals surface area contributed by atoms with E-state index in [9.17, 15) is 4.79 Å². The molecule has 0 bridgehead atoms. The van der Waals surface area contributed by atoms with Crippen LogP contribution in [0.4, 0.5) is 16.6 Å². The Morgan fingerprint density at radius 1 is 1.16 bits per heavy atom. The van der Waals surface area contributed by atoms with Gasteiger partial charge in [-0.1, -0.05) is 17.4 Å². The third-order valence-electron chi connectivity index (χ3n) is 4.32. The van der Waals surface area contributed by atoms with Gasteiger partial charge in [0.2, 0.25) is 0 Å². The highest BCUT2D eigenvalue weighted by atomic mass is 35.5. The van der Waals surface area contributed by atoms with Gasteiger partial charge in [0.05, 0.1) is 19.3 Å². The van der Waals surface area contributed by atoms with Gasteiger partial charge in [0.25, 0.3) is 5.91 Å². The van der Waals surface area contributed by atoms with Crippen molar-refractivity contribution in [3.8, 4) is 0 Å². The van der Waals surface area contributed by atoms with Crippen LogP contribution in [-0.4, -0.2) is 28.0 Å². The Balaban J connectivity index is 1.45. The third kappa shape index (κ3) is 5.26. The number of pyridine rings is 2. The van der Waals surface area contributed by atoms with Crippen LogP contribution < -0.4 is 16.1 Å². The SMILES string of the molecule is CONC(=O)c1cccc(NCc2ccc3nc(Nc4cc(CCl)ccn4)sc3n2)c1. The molecule has 8 nitrogen and oxygen atoms in total. The molecule has 3 N–H and O–H groups in total. The number of halogens is 1. The van der Waals surface area contributed by atoms with Gasteiger partial charge in [-0.2, -0.15) is 0 Å². The lowest BCUT2D eigenvalue weighted by Gasteiger charge is -2.08. The van der Waals surface area contributed by atoms with Gasteiger partial charge in [0, 0.05) is 23.3 Å². The molecule has 4 rings (SSSR count). The zero-order valence-corrected chi connectivity index (χ0v) is 18.1. The van der Waals surface area contributed by atoms with Crippen molar-refractivity contribution >= 4 is 55.8 Å². The molecule has 3 heterocycles. The maximum atomic E-state index is 11.9. The van der Waals surface area contributed by atoms with Gasteiger partial charge in [-0.25, -0.2) is 20.4 Å². The van der Waals surface area contributed by atoms with Crippen molar-refractivity contribution in [1.29, 1.82) is 0 Å². The second kappa shape index (κ2) is 9.69. The van der Waals surface area contributed by atoms with Crippen LogP contribution in [-0.2, 0) is 17.3 Å². The molecule has 0 saturated carbocycles. The maximum Gasteiger partial charge on any atom is 0.274 e. The molecular weight excluding hydrogens is 436 g/mol. The van der Waals surface area contributed by atoms with E-state index >= 15 is 0 Å². The largest absolute Gasteiger partial charge is 0.379 e. The molecule has 3 aromatic heterocycles. The number of carbonyl (C=O) groups is 1. The van der Waals surface area contributed by atoms with E-state index in [2.05, 4.69) is 35.9 Å². The molecule has 0 radical (unpaired) electrons. The van der Waals surface area contributed by atoms with E-state index in [1.807, 2.05) is 30.3 Å². The summed E-state index contributed by atoms with van der Waals surface area (Å²) in [6.45, 7) is 0.505. The Kier molecular flexibility index (Phi) is 6.56. The first kappa shape index (κ1) is 21.0. The first-order chi connectivity index (χ1) is 15.1. The van der Waals surface area contributed by atoms with Gasteiger partial charge in [0.15, 0.2) is 5.13 Å². The van der Waals surface area contributed by atoms with E-state index < -0.39 is 0 Å². The zero-order valence-electron chi connectivity index (χ0n) is 16.6. The van der Waals surface area contributed by atoms with Crippen LogP contribution in [0.2, 0.25) is 0 Å². The van der Waals surface area contributed by atoms with Crippen molar-refractivity contribution in [3.63, 3.8) is 0 Å². The normalized spacial score (nSPS) is 10.8. The summed E-state index contributed by atoms with van der Waals surface area (Å²) >= 11 is 7.34. The minimum absolute atomic E-state index is 0.304. The molecule has 0 aliphatic carbocycles. The lowest BCUT2D eigenvalue weighted by Crippen LogP contribution is -2.21. The Hall–Kier alpha value is -3.27. The van der Waals surface area contributed by atoms with Crippen molar-refractivity contribution in [2.45, 2.75) is 12.4 Å². The number of benzene rings is 1. The monoisotopic (exact) mass is 454 g/mol. The molecule has 0 atom stereocenters. The first-order valence-corrected chi connectivity index (χ1v) is 10.7. The number of carbonyl (C=O) groups excluding carboxylic acids is 1. The topological polar surface area (TPSA) is 101 Å². The molecular formula is C21H19ClN6O2S. The van der Waals surface area contributed by atoms with Crippen LogP contribution in [0.25, 0.3) is 10.3 Å². The molecule has 0 saturated heterocycles. The average molecular weight is 455 g/mol. The smallest absolute Gasteiger partial charge is 0.274 e. The van der Waals surface area contributed by atoms with Crippen LogP contribution in [0.5, 0.6) is 0 Å². The number of hydroxylamine groups is 1. The summed E-state index contributed by atoms with van der Waals surface area (Å²) in [5.74, 6) is 0.813. The maximum absolute atomic E-state index is 11.9. The fourth-order valence-electron chi connectivity index (χ4n) is 2.86. The Bertz CT molecular complexity index is 1220. The van der Waals surface area contributed by atoms with Crippen molar-refractivity contribution in [2.24, 2.45) is 0 Å². The standard InChI is InChI=1S/C21H19ClN6O2S/c1-30-28-19(29)14-3-2-4-15(10-14)24-12-16-5-6-17-20(25-16)31-21(26-17)27-18-9-13(11-22)7-8-23-18/h2-10,24H,11-12H2,1H3,(H,28,29)(H,23,26,27). The minimum Gasteiger partial charge on any atom is -0.379 e. The summed E-state index contributed by atoms with van der Waals surface area (Å²) in [5.41, 5.74) is 6.26. The van der Waals surface area contributed by atoms with Crippen molar-refractivity contribution in [3.05, 3.63) is 71.5 Å².